The number of benzene rings is 8. The average Bonchev–Trinajstić information content (AvgIpc) is 4.14. The van der Waals surface area contributed by atoms with E-state index in [1.807, 2.05) is 0 Å². The van der Waals surface area contributed by atoms with Crippen LogP contribution in [0.15, 0.2) is 212 Å². The first-order valence-corrected chi connectivity index (χ1v) is 21.4. The molecule has 8 aromatic carbocycles. The third kappa shape index (κ3) is 4.67. The maximum absolute atomic E-state index is 5.68. The summed E-state index contributed by atoms with van der Waals surface area (Å²) < 4.78 is 11.8. The second-order valence-corrected chi connectivity index (χ2v) is 16.2. The Morgan fingerprint density at radius 1 is 0.238 bits per heavy atom. The summed E-state index contributed by atoms with van der Waals surface area (Å²) in [5, 5.41) is 6.89. The van der Waals surface area contributed by atoms with Crippen molar-refractivity contribution in [2.24, 2.45) is 0 Å². The van der Waals surface area contributed by atoms with Crippen LogP contribution in [0.4, 0.5) is 0 Å². The number of hydrogen-bond donors (Lipinski definition) is 0. The molecule has 294 valence electrons. The van der Waals surface area contributed by atoms with E-state index >= 15 is 0 Å². The molecular formula is C56H35N7. The van der Waals surface area contributed by atoms with Crippen LogP contribution < -0.4 is 0 Å². The van der Waals surface area contributed by atoms with Crippen LogP contribution in [0, 0.1) is 0 Å². The first kappa shape index (κ1) is 34.1. The van der Waals surface area contributed by atoms with Gasteiger partial charge in [0, 0.05) is 49.8 Å². The van der Waals surface area contributed by atoms with Crippen LogP contribution in [0.1, 0.15) is 0 Å². The molecule has 0 aliphatic carbocycles. The lowest BCUT2D eigenvalue weighted by molar-refractivity contribution is 0.919. The molecule has 0 N–H and O–H groups in total. The fourth-order valence-electron chi connectivity index (χ4n) is 10.4. The number of aromatic nitrogens is 7. The van der Waals surface area contributed by atoms with E-state index in [4.69, 9.17) is 9.97 Å². The van der Waals surface area contributed by atoms with Crippen LogP contribution in [-0.4, -0.2) is 32.8 Å². The highest BCUT2D eigenvalue weighted by Gasteiger charge is 2.27. The zero-order valence-electron chi connectivity index (χ0n) is 33.8. The number of fused-ring (bicyclic) bond motifs is 13. The molecule has 0 fully saturated rings. The van der Waals surface area contributed by atoms with Gasteiger partial charge >= 0.3 is 0 Å². The number of hydrogen-bond acceptors (Lipinski definition) is 2. The van der Waals surface area contributed by atoms with E-state index in [0.717, 1.165) is 110 Å². The van der Waals surface area contributed by atoms with Crippen molar-refractivity contribution in [1.82, 2.24) is 32.8 Å². The summed E-state index contributed by atoms with van der Waals surface area (Å²) in [6, 6.07) is 75.6. The number of para-hydroxylation sites is 8. The summed E-state index contributed by atoms with van der Waals surface area (Å²) in [4.78, 5) is 11.4. The van der Waals surface area contributed by atoms with Crippen LogP contribution in [0.3, 0.4) is 0 Å². The Balaban J connectivity index is 1.18. The average molecular weight is 806 g/mol. The monoisotopic (exact) mass is 805 g/mol. The van der Waals surface area contributed by atoms with E-state index in [9.17, 15) is 0 Å². The van der Waals surface area contributed by atoms with Gasteiger partial charge in [-0.2, -0.15) is 9.97 Å². The molecule has 0 spiro atoms. The van der Waals surface area contributed by atoms with E-state index in [1.54, 1.807) is 0 Å². The zero-order chi connectivity index (χ0) is 41.2. The van der Waals surface area contributed by atoms with Crippen molar-refractivity contribution in [2.45, 2.75) is 0 Å². The van der Waals surface area contributed by atoms with Gasteiger partial charge in [-0.3, -0.25) is 13.7 Å². The Hall–Kier alpha value is -8.68. The summed E-state index contributed by atoms with van der Waals surface area (Å²) in [5.41, 5.74) is 13.2. The fourth-order valence-corrected chi connectivity index (χ4v) is 10.4. The van der Waals surface area contributed by atoms with E-state index in [1.165, 1.54) is 0 Å². The maximum atomic E-state index is 5.68. The number of rotatable bonds is 5. The molecule has 6 aromatic heterocycles. The molecule has 0 saturated carbocycles. The third-order valence-corrected chi connectivity index (χ3v) is 12.9. The predicted octanol–water partition coefficient (Wildman–Crippen LogP) is 13.7. The minimum atomic E-state index is 0.593. The van der Waals surface area contributed by atoms with Crippen molar-refractivity contribution in [3.63, 3.8) is 0 Å². The summed E-state index contributed by atoms with van der Waals surface area (Å²) >= 11 is 0. The van der Waals surface area contributed by atoms with Crippen molar-refractivity contribution in [1.29, 1.82) is 0 Å². The van der Waals surface area contributed by atoms with Gasteiger partial charge < -0.3 is 9.13 Å². The third-order valence-electron chi connectivity index (χ3n) is 12.9. The summed E-state index contributed by atoms with van der Waals surface area (Å²) in [6.45, 7) is 0. The van der Waals surface area contributed by atoms with Crippen LogP contribution in [0.25, 0.3) is 116 Å². The first-order chi connectivity index (χ1) is 31.3. The minimum Gasteiger partial charge on any atom is -0.307 e. The molecular weight excluding hydrogens is 771 g/mol. The van der Waals surface area contributed by atoms with Gasteiger partial charge in [-0.1, -0.05) is 146 Å². The lowest BCUT2D eigenvalue weighted by Crippen LogP contribution is -2.10. The molecule has 0 bridgehead atoms. The van der Waals surface area contributed by atoms with Gasteiger partial charge in [0.05, 0.1) is 55.2 Å². The largest absolute Gasteiger partial charge is 0.307 e. The van der Waals surface area contributed by atoms with Gasteiger partial charge in [0.2, 0.25) is 5.95 Å². The highest BCUT2D eigenvalue weighted by Crippen LogP contribution is 2.43. The Kier molecular flexibility index (Phi) is 6.98. The summed E-state index contributed by atoms with van der Waals surface area (Å²) in [6.07, 6.45) is 0. The second-order valence-electron chi connectivity index (χ2n) is 16.2. The molecule has 0 aliphatic heterocycles. The quantitative estimate of drug-likeness (QED) is 0.174. The van der Waals surface area contributed by atoms with Crippen molar-refractivity contribution in [2.75, 3.05) is 0 Å². The molecule has 0 saturated heterocycles. The topological polar surface area (TPSA) is 50.4 Å². The molecule has 14 rings (SSSR count). The summed E-state index contributed by atoms with van der Waals surface area (Å²) in [7, 11) is 0. The van der Waals surface area contributed by atoms with Crippen LogP contribution in [0.5, 0.6) is 0 Å². The van der Waals surface area contributed by atoms with E-state index in [-0.39, 0.29) is 0 Å². The minimum absolute atomic E-state index is 0.593. The van der Waals surface area contributed by atoms with Gasteiger partial charge in [0.25, 0.3) is 0 Å². The SMILES string of the molecule is c1ccc(-n2c3ccccc3c3c2c2ccccc2n3-c2cc(-n3c4ccccc4c4c3c3ccccc3n4-c3ccccc3)nc(-n3c4ccccc4c4ccccc43)n2)cc1. The van der Waals surface area contributed by atoms with Crippen molar-refractivity contribution in [3.05, 3.63) is 212 Å². The maximum Gasteiger partial charge on any atom is 0.238 e. The molecule has 0 unspecified atom stereocenters. The molecule has 0 radical (unpaired) electrons. The van der Waals surface area contributed by atoms with E-state index in [0.29, 0.717) is 5.95 Å². The lowest BCUT2D eigenvalue weighted by atomic mass is 10.2. The normalized spacial score (nSPS) is 12.1. The van der Waals surface area contributed by atoms with Crippen molar-refractivity contribution < 1.29 is 0 Å². The molecule has 7 nitrogen and oxygen atoms in total. The highest BCUT2D eigenvalue weighted by molar-refractivity contribution is 6.21. The predicted molar refractivity (Wildman–Crippen MR) is 259 cm³/mol. The Bertz CT molecular complexity index is 3870. The Labute approximate surface area is 360 Å². The van der Waals surface area contributed by atoms with Gasteiger partial charge in [-0.25, -0.2) is 0 Å². The van der Waals surface area contributed by atoms with Gasteiger partial charge in [-0.05, 0) is 60.7 Å². The Morgan fingerprint density at radius 3 is 0.873 bits per heavy atom. The zero-order valence-corrected chi connectivity index (χ0v) is 33.8. The standard InChI is InChI=1S/C56H35N7/c1-3-19-36(20-4-1)59-46-31-15-9-25-40(46)54-52(59)42-27-11-17-33-48(42)62(54)50-35-51(58-56(57-50)61-44-29-13-7-23-38(44)39-24-8-14-30-45(39)61)63-49-34-18-12-28-43(49)53-55(63)41-26-10-16-32-47(41)60(53)37-21-5-2-6-22-37/h1-35H. The van der Waals surface area contributed by atoms with Crippen LogP contribution >= 0.6 is 0 Å². The molecule has 7 heteroatoms. The lowest BCUT2D eigenvalue weighted by Gasteiger charge is -2.15. The van der Waals surface area contributed by atoms with Crippen LogP contribution in [0.2, 0.25) is 0 Å². The molecule has 14 aromatic rings. The van der Waals surface area contributed by atoms with Gasteiger partial charge in [0.15, 0.2) is 0 Å². The smallest absolute Gasteiger partial charge is 0.238 e. The van der Waals surface area contributed by atoms with E-state index in [2.05, 4.69) is 235 Å². The van der Waals surface area contributed by atoms with Crippen molar-refractivity contribution in [3.8, 4) is 29.0 Å². The Morgan fingerprint density at radius 2 is 0.508 bits per heavy atom. The summed E-state index contributed by atoms with van der Waals surface area (Å²) in [5.74, 6) is 2.14. The fraction of sp³-hybridized carbons (Fsp3) is 0. The molecule has 63 heavy (non-hydrogen) atoms. The van der Waals surface area contributed by atoms with E-state index < -0.39 is 0 Å². The molecule has 0 atom stereocenters. The van der Waals surface area contributed by atoms with Crippen LogP contribution in [-0.2, 0) is 0 Å². The van der Waals surface area contributed by atoms with Gasteiger partial charge in [-0.15, -0.1) is 0 Å². The highest BCUT2D eigenvalue weighted by atomic mass is 15.2. The number of nitrogens with zero attached hydrogens (tertiary/aromatic N) is 7. The van der Waals surface area contributed by atoms with Crippen molar-refractivity contribution >= 4 is 87.5 Å². The first-order valence-electron chi connectivity index (χ1n) is 21.4. The molecule has 6 heterocycles. The van der Waals surface area contributed by atoms with Gasteiger partial charge in [0.1, 0.15) is 11.6 Å². The molecule has 0 amide bonds. The second kappa shape index (κ2) is 12.9. The molecule has 0 aliphatic rings.